The van der Waals surface area contributed by atoms with Gasteiger partial charge in [-0.05, 0) is 31.7 Å². The predicted molar refractivity (Wildman–Crippen MR) is 108 cm³/mol. The van der Waals surface area contributed by atoms with E-state index in [1.54, 1.807) is 22.6 Å². The van der Waals surface area contributed by atoms with Crippen molar-refractivity contribution in [3.8, 4) is 0 Å². The van der Waals surface area contributed by atoms with Gasteiger partial charge in [-0.25, -0.2) is 9.48 Å². The van der Waals surface area contributed by atoms with E-state index in [-0.39, 0.29) is 29.2 Å². The van der Waals surface area contributed by atoms with E-state index in [0.717, 1.165) is 31.5 Å². The molecule has 1 atom stereocenters. The van der Waals surface area contributed by atoms with Crippen LogP contribution in [0, 0.1) is 10.1 Å². The Morgan fingerprint density at radius 1 is 1.33 bits per heavy atom. The normalized spacial score (nSPS) is 19.1. The van der Waals surface area contributed by atoms with Crippen LogP contribution in [0.15, 0.2) is 29.1 Å². The number of nitrogens with zero attached hydrogens (tertiary/aromatic N) is 5. The molecule has 10 nitrogen and oxygen atoms in total. The topological polar surface area (TPSA) is 112 Å². The van der Waals surface area contributed by atoms with Gasteiger partial charge in [0.05, 0.1) is 18.1 Å². The first-order valence-corrected chi connectivity index (χ1v) is 10.2. The second-order valence-corrected chi connectivity index (χ2v) is 7.86. The number of ether oxygens (including phenoxy) is 1. The summed E-state index contributed by atoms with van der Waals surface area (Å²) in [5.74, 6) is 0.455. The molecule has 1 saturated carbocycles. The van der Waals surface area contributed by atoms with Crippen LogP contribution in [0.1, 0.15) is 53.8 Å². The first kappa shape index (κ1) is 20.3. The molecule has 0 radical (unpaired) electrons. The molecule has 30 heavy (non-hydrogen) atoms. The molecule has 1 aliphatic heterocycles. The molecule has 2 aromatic rings. The number of benzene rings is 1. The highest BCUT2D eigenvalue weighted by Gasteiger charge is 2.35. The summed E-state index contributed by atoms with van der Waals surface area (Å²) in [6.45, 7) is 1.82. The van der Waals surface area contributed by atoms with Crippen molar-refractivity contribution in [3.63, 3.8) is 0 Å². The van der Waals surface area contributed by atoms with E-state index in [1.165, 1.54) is 22.9 Å². The van der Waals surface area contributed by atoms with Crippen LogP contribution in [0.5, 0.6) is 0 Å². The lowest BCUT2D eigenvalue weighted by atomic mass is 9.96. The van der Waals surface area contributed by atoms with Gasteiger partial charge in [0.2, 0.25) is 0 Å². The number of rotatable bonds is 7. The SMILES string of the molecule is COCCn1nc(C2CCCN(C(=O)c3cccc([N+](=O)[O-])c3)C2)n(C2CC2)c1=O. The van der Waals surface area contributed by atoms with Crippen molar-refractivity contribution in [1.29, 1.82) is 0 Å². The molecule has 4 rings (SSSR count). The van der Waals surface area contributed by atoms with Gasteiger partial charge in [-0.15, -0.1) is 0 Å². The first-order valence-electron chi connectivity index (χ1n) is 10.2. The number of methoxy groups -OCH3 is 1. The number of piperidine rings is 1. The number of hydrogen-bond donors (Lipinski definition) is 0. The van der Waals surface area contributed by atoms with Crippen LogP contribution in [0.25, 0.3) is 0 Å². The summed E-state index contributed by atoms with van der Waals surface area (Å²) in [6.07, 6.45) is 3.55. The van der Waals surface area contributed by atoms with E-state index in [0.29, 0.717) is 31.8 Å². The fourth-order valence-electron chi connectivity index (χ4n) is 4.02. The number of carbonyl (C=O) groups excluding carboxylic acids is 1. The highest BCUT2D eigenvalue weighted by molar-refractivity contribution is 5.95. The minimum atomic E-state index is -0.503. The number of nitro groups is 1. The molecule has 1 unspecified atom stereocenters. The van der Waals surface area contributed by atoms with Crippen LogP contribution < -0.4 is 5.69 Å². The van der Waals surface area contributed by atoms with Crippen LogP contribution in [0.3, 0.4) is 0 Å². The number of carbonyl (C=O) groups is 1. The number of aromatic nitrogens is 3. The molecule has 2 heterocycles. The molecule has 0 spiro atoms. The maximum Gasteiger partial charge on any atom is 0.346 e. The zero-order valence-corrected chi connectivity index (χ0v) is 16.9. The summed E-state index contributed by atoms with van der Waals surface area (Å²) in [6, 6.07) is 5.99. The van der Waals surface area contributed by atoms with Crippen LogP contribution in [0.4, 0.5) is 5.69 Å². The zero-order valence-electron chi connectivity index (χ0n) is 16.9. The van der Waals surface area contributed by atoms with Crippen LogP contribution in [0.2, 0.25) is 0 Å². The average Bonchev–Trinajstić information content (AvgIpc) is 3.55. The minimum absolute atomic E-state index is 0.0431. The van der Waals surface area contributed by atoms with Gasteiger partial charge in [0.25, 0.3) is 11.6 Å². The molecule has 1 aromatic carbocycles. The lowest BCUT2D eigenvalue weighted by Gasteiger charge is -2.32. The third kappa shape index (κ3) is 4.00. The molecule has 1 aromatic heterocycles. The summed E-state index contributed by atoms with van der Waals surface area (Å²) >= 11 is 0. The van der Waals surface area contributed by atoms with Crippen molar-refractivity contribution < 1.29 is 14.5 Å². The molecule has 1 aliphatic carbocycles. The number of non-ortho nitro benzene ring substituents is 1. The third-order valence-corrected chi connectivity index (χ3v) is 5.69. The predicted octanol–water partition coefficient (Wildman–Crippen LogP) is 1.95. The van der Waals surface area contributed by atoms with Gasteiger partial charge in [-0.1, -0.05) is 6.07 Å². The summed E-state index contributed by atoms with van der Waals surface area (Å²) < 4.78 is 8.34. The molecule has 1 saturated heterocycles. The lowest BCUT2D eigenvalue weighted by molar-refractivity contribution is -0.384. The first-order chi connectivity index (χ1) is 14.5. The van der Waals surface area contributed by atoms with E-state index < -0.39 is 4.92 Å². The van der Waals surface area contributed by atoms with E-state index >= 15 is 0 Å². The second-order valence-electron chi connectivity index (χ2n) is 7.86. The van der Waals surface area contributed by atoms with Gasteiger partial charge < -0.3 is 9.64 Å². The Labute approximate surface area is 173 Å². The molecule has 10 heteroatoms. The molecular weight excluding hydrogens is 390 g/mol. The van der Waals surface area contributed by atoms with Gasteiger partial charge >= 0.3 is 5.69 Å². The Morgan fingerprint density at radius 3 is 2.83 bits per heavy atom. The Hall–Kier alpha value is -3.01. The molecular formula is C20H25N5O5. The lowest BCUT2D eigenvalue weighted by Crippen LogP contribution is -2.40. The molecule has 0 N–H and O–H groups in total. The Bertz CT molecular complexity index is 1010. The molecule has 2 aliphatic rings. The quantitative estimate of drug-likeness (QED) is 0.505. The highest BCUT2D eigenvalue weighted by Crippen LogP contribution is 2.37. The van der Waals surface area contributed by atoms with Crippen molar-refractivity contribution in [2.45, 2.75) is 44.2 Å². The van der Waals surface area contributed by atoms with E-state index in [1.807, 2.05) is 0 Å². The standard InChI is InChI=1S/C20H25N5O5/c1-30-11-10-23-20(27)24(16-7-8-16)18(21-23)15-5-3-9-22(13-15)19(26)14-4-2-6-17(12-14)25(28)29/h2,4,6,12,15-16H,3,5,7-11,13H2,1H3. The van der Waals surface area contributed by atoms with E-state index in [4.69, 9.17) is 4.74 Å². The van der Waals surface area contributed by atoms with Gasteiger partial charge in [-0.3, -0.25) is 19.5 Å². The Kier molecular flexibility index (Phi) is 5.67. The number of amides is 1. The van der Waals surface area contributed by atoms with E-state index in [2.05, 4.69) is 5.10 Å². The van der Waals surface area contributed by atoms with Crippen LogP contribution >= 0.6 is 0 Å². The molecule has 0 bridgehead atoms. The molecule has 160 valence electrons. The van der Waals surface area contributed by atoms with Gasteiger partial charge in [0, 0.05) is 49.9 Å². The number of hydrogen-bond acceptors (Lipinski definition) is 6. The van der Waals surface area contributed by atoms with Crippen LogP contribution in [-0.2, 0) is 11.3 Å². The van der Waals surface area contributed by atoms with Gasteiger partial charge in [0.15, 0.2) is 0 Å². The largest absolute Gasteiger partial charge is 0.383 e. The second kappa shape index (κ2) is 8.39. The minimum Gasteiger partial charge on any atom is -0.383 e. The molecule has 2 fully saturated rings. The summed E-state index contributed by atoms with van der Waals surface area (Å²) in [5, 5.41) is 15.6. The van der Waals surface area contributed by atoms with Crippen molar-refractivity contribution in [2.75, 3.05) is 26.8 Å². The third-order valence-electron chi connectivity index (χ3n) is 5.69. The van der Waals surface area contributed by atoms with Crippen molar-refractivity contribution in [1.82, 2.24) is 19.2 Å². The summed E-state index contributed by atoms with van der Waals surface area (Å²) in [7, 11) is 1.59. The average molecular weight is 415 g/mol. The van der Waals surface area contributed by atoms with Crippen molar-refractivity contribution in [3.05, 3.63) is 56.3 Å². The maximum atomic E-state index is 13.0. The monoisotopic (exact) mass is 415 g/mol. The Morgan fingerprint density at radius 2 is 2.13 bits per heavy atom. The number of nitro benzene ring substituents is 1. The fourth-order valence-corrected chi connectivity index (χ4v) is 4.02. The molecule has 1 amide bonds. The van der Waals surface area contributed by atoms with Gasteiger partial charge in [-0.2, -0.15) is 5.10 Å². The highest BCUT2D eigenvalue weighted by atomic mass is 16.6. The van der Waals surface area contributed by atoms with Crippen molar-refractivity contribution in [2.24, 2.45) is 0 Å². The van der Waals surface area contributed by atoms with E-state index in [9.17, 15) is 19.7 Å². The number of likely N-dealkylation sites (tertiary alicyclic amines) is 1. The maximum absolute atomic E-state index is 13.0. The zero-order chi connectivity index (χ0) is 21.3. The summed E-state index contributed by atoms with van der Waals surface area (Å²) in [5.41, 5.74) is 0.0793. The van der Waals surface area contributed by atoms with Crippen molar-refractivity contribution >= 4 is 11.6 Å². The summed E-state index contributed by atoms with van der Waals surface area (Å²) in [4.78, 5) is 38.1. The fraction of sp³-hybridized carbons (Fsp3) is 0.550. The smallest absolute Gasteiger partial charge is 0.346 e. The van der Waals surface area contributed by atoms with Gasteiger partial charge in [0.1, 0.15) is 5.82 Å². The Balaban J connectivity index is 1.57. The van der Waals surface area contributed by atoms with Crippen LogP contribution in [-0.4, -0.2) is 56.9 Å².